The van der Waals surface area contributed by atoms with Gasteiger partial charge in [-0.05, 0) is 40.0 Å². The molecular weight excluding hydrogens is 354 g/mol. The van der Waals surface area contributed by atoms with Crippen LogP contribution in [-0.4, -0.2) is 24.3 Å². The predicted octanol–water partition coefficient (Wildman–Crippen LogP) is 2.45. The summed E-state index contributed by atoms with van der Waals surface area (Å²) >= 11 is 3.35. The number of pyridine rings is 1. The molecule has 0 fully saturated rings. The predicted molar refractivity (Wildman–Crippen MR) is 82.6 cm³/mol. The average Bonchev–Trinajstić information content (AvgIpc) is 2.44. The average molecular weight is 368 g/mol. The lowest BCUT2D eigenvalue weighted by molar-refractivity contribution is 0.0282. The van der Waals surface area contributed by atoms with Gasteiger partial charge >= 0.3 is 0 Å². The van der Waals surface area contributed by atoms with Gasteiger partial charge in [-0.3, -0.25) is 4.98 Å². The van der Waals surface area contributed by atoms with Crippen molar-refractivity contribution < 1.29 is 13.5 Å². The van der Waals surface area contributed by atoms with Crippen LogP contribution in [0.5, 0.6) is 0 Å². The number of aromatic nitrogens is 1. The Kier molecular flexibility index (Phi) is 3.63. The van der Waals surface area contributed by atoms with Gasteiger partial charge in [0.15, 0.2) is 9.84 Å². The molecule has 1 atom stereocenters. The molecule has 0 saturated carbocycles. The highest BCUT2D eigenvalue weighted by molar-refractivity contribution is 9.10. The third-order valence-corrected chi connectivity index (χ3v) is 5.97. The fourth-order valence-corrected chi connectivity index (χ4v) is 4.86. The van der Waals surface area contributed by atoms with E-state index >= 15 is 0 Å². The SMILES string of the molecule is O=S1(=O)CCC(O)(Cc2cncc(Br)c2)c2ccccc21. The topological polar surface area (TPSA) is 67.3 Å². The first-order valence-corrected chi connectivity index (χ1v) is 8.99. The van der Waals surface area contributed by atoms with Gasteiger partial charge in [0, 0.05) is 28.9 Å². The van der Waals surface area contributed by atoms with Gasteiger partial charge in [-0.2, -0.15) is 0 Å². The molecule has 0 radical (unpaired) electrons. The second-order valence-corrected chi connectivity index (χ2v) is 8.28. The smallest absolute Gasteiger partial charge is 0.178 e. The first-order valence-electron chi connectivity index (χ1n) is 6.55. The summed E-state index contributed by atoms with van der Waals surface area (Å²) in [4.78, 5) is 4.33. The lowest BCUT2D eigenvalue weighted by Crippen LogP contribution is -2.37. The molecule has 1 aromatic heterocycles. The number of nitrogens with zero attached hydrogens (tertiary/aromatic N) is 1. The van der Waals surface area contributed by atoms with E-state index in [1.54, 1.807) is 36.7 Å². The maximum Gasteiger partial charge on any atom is 0.178 e. The number of halogens is 1. The second-order valence-electron chi connectivity index (χ2n) is 5.28. The highest BCUT2D eigenvalue weighted by Gasteiger charge is 2.40. The summed E-state index contributed by atoms with van der Waals surface area (Å²) < 4.78 is 25.1. The zero-order chi connectivity index (χ0) is 15.1. The van der Waals surface area contributed by atoms with Crippen LogP contribution in [0.4, 0.5) is 0 Å². The molecule has 1 aromatic carbocycles. The van der Waals surface area contributed by atoms with Crippen LogP contribution < -0.4 is 0 Å². The van der Waals surface area contributed by atoms with Crippen molar-refractivity contribution >= 4 is 25.8 Å². The van der Waals surface area contributed by atoms with Crippen molar-refractivity contribution in [3.8, 4) is 0 Å². The normalized spacial score (nSPS) is 23.5. The molecular formula is C15H14BrNO3S. The third-order valence-electron chi connectivity index (χ3n) is 3.77. The Morgan fingerprint density at radius 2 is 2.05 bits per heavy atom. The summed E-state index contributed by atoms with van der Waals surface area (Å²) in [5.74, 6) is -0.0397. The number of benzene rings is 1. The molecule has 21 heavy (non-hydrogen) atoms. The summed E-state index contributed by atoms with van der Waals surface area (Å²) in [6, 6.07) is 8.58. The summed E-state index contributed by atoms with van der Waals surface area (Å²) in [5, 5.41) is 11.0. The number of fused-ring (bicyclic) bond motifs is 1. The molecule has 3 rings (SSSR count). The van der Waals surface area contributed by atoms with Crippen LogP contribution in [0.25, 0.3) is 0 Å². The standard InChI is InChI=1S/C15H14BrNO3S/c16-12-7-11(9-17-10-12)8-15(18)5-6-21(19,20)14-4-2-1-3-13(14)15/h1-4,7,9-10,18H,5-6,8H2. The summed E-state index contributed by atoms with van der Waals surface area (Å²) in [7, 11) is -3.30. The van der Waals surface area contributed by atoms with Crippen molar-refractivity contribution in [2.24, 2.45) is 0 Å². The van der Waals surface area contributed by atoms with Crippen molar-refractivity contribution in [3.05, 3.63) is 58.3 Å². The Morgan fingerprint density at radius 1 is 1.29 bits per heavy atom. The zero-order valence-corrected chi connectivity index (χ0v) is 13.6. The minimum atomic E-state index is -3.30. The summed E-state index contributed by atoms with van der Waals surface area (Å²) in [5.41, 5.74) is 0.168. The van der Waals surface area contributed by atoms with Gasteiger partial charge in [-0.15, -0.1) is 0 Å². The monoisotopic (exact) mass is 367 g/mol. The molecule has 0 amide bonds. The molecule has 1 aliphatic rings. The third kappa shape index (κ3) is 2.75. The maximum absolute atomic E-state index is 12.1. The largest absolute Gasteiger partial charge is 0.385 e. The molecule has 110 valence electrons. The van der Waals surface area contributed by atoms with E-state index in [1.807, 2.05) is 6.07 Å². The number of aliphatic hydroxyl groups is 1. The molecule has 0 aliphatic carbocycles. The zero-order valence-electron chi connectivity index (χ0n) is 11.2. The summed E-state index contributed by atoms with van der Waals surface area (Å²) in [6.45, 7) is 0. The highest BCUT2D eigenvalue weighted by Crippen LogP contribution is 2.39. The van der Waals surface area contributed by atoms with Gasteiger partial charge in [0.25, 0.3) is 0 Å². The van der Waals surface area contributed by atoms with Crippen LogP contribution in [0.1, 0.15) is 17.5 Å². The van der Waals surface area contributed by atoms with Crippen LogP contribution in [0.3, 0.4) is 0 Å². The Morgan fingerprint density at radius 3 is 2.81 bits per heavy atom. The van der Waals surface area contributed by atoms with E-state index in [9.17, 15) is 13.5 Å². The van der Waals surface area contributed by atoms with E-state index in [1.165, 1.54) is 0 Å². The van der Waals surface area contributed by atoms with E-state index in [2.05, 4.69) is 20.9 Å². The molecule has 1 aliphatic heterocycles. The van der Waals surface area contributed by atoms with Gasteiger partial charge in [-0.1, -0.05) is 18.2 Å². The minimum Gasteiger partial charge on any atom is -0.385 e. The Hall–Kier alpha value is -1.24. The van der Waals surface area contributed by atoms with Crippen molar-refractivity contribution in [1.82, 2.24) is 4.98 Å². The van der Waals surface area contributed by atoms with Gasteiger partial charge in [0.2, 0.25) is 0 Å². The molecule has 0 bridgehead atoms. The lowest BCUT2D eigenvalue weighted by atomic mass is 9.85. The molecule has 2 aromatic rings. The molecule has 4 nitrogen and oxygen atoms in total. The molecule has 2 heterocycles. The van der Waals surface area contributed by atoms with Gasteiger partial charge in [-0.25, -0.2) is 8.42 Å². The second kappa shape index (κ2) is 5.19. The van der Waals surface area contributed by atoms with E-state index in [0.29, 0.717) is 12.0 Å². The van der Waals surface area contributed by atoms with Crippen molar-refractivity contribution in [3.63, 3.8) is 0 Å². The van der Waals surface area contributed by atoms with Gasteiger partial charge in [0.05, 0.1) is 16.2 Å². The van der Waals surface area contributed by atoms with E-state index < -0.39 is 15.4 Å². The van der Waals surface area contributed by atoms with E-state index in [-0.39, 0.29) is 17.1 Å². The molecule has 6 heteroatoms. The Balaban J connectivity index is 2.06. The first kappa shape index (κ1) is 14.7. The van der Waals surface area contributed by atoms with Crippen LogP contribution >= 0.6 is 15.9 Å². The van der Waals surface area contributed by atoms with Crippen LogP contribution in [0.15, 0.2) is 52.1 Å². The number of rotatable bonds is 2. The molecule has 1 N–H and O–H groups in total. The van der Waals surface area contributed by atoms with Crippen LogP contribution in [0, 0.1) is 0 Å². The van der Waals surface area contributed by atoms with Crippen LogP contribution in [0.2, 0.25) is 0 Å². The fourth-order valence-electron chi connectivity index (χ4n) is 2.74. The van der Waals surface area contributed by atoms with Crippen molar-refractivity contribution in [1.29, 1.82) is 0 Å². The highest BCUT2D eigenvalue weighted by atomic mass is 79.9. The van der Waals surface area contributed by atoms with E-state index in [0.717, 1.165) is 10.0 Å². The number of hydrogen-bond acceptors (Lipinski definition) is 4. The van der Waals surface area contributed by atoms with Crippen molar-refractivity contribution in [2.45, 2.75) is 23.3 Å². The fraction of sp³-hybridized carbons (Fsp3) is 0.267. The molecule has 0 saturated heterocycles. The lowest BCUT2D eigenvalue weighted by Gasteiger charge is -2.34. The van der Waals surface area contributed by atoms with E-state index in [4.69, 9.17) is 0 Å². The minimum absolute atomic E-state index is 0.0397. The number of sulfone groups is 1. The van der Waals surface area contributed by atoms with Crippen LogP contribution in [-0.2, 0) is 21.9 Å². The summed E-state index contributed by atoms with van der Waals surface area (Å²) in [6.07, 6.45) is 3.89. The quantitative estimate of drug-likeness (QED) is 0.884. The Labute approximate surface area is 131 Å². The maximum atomic E-state index is 12.1. The first-order chi connectivity index (χ1) is 9.91. The van der Waals surface area contributed by atoms with Gasteiger partial charge in [0.1, 0.15) is 0 Å². The Bertz CT molecular complexity index is 791. The van der Waals surface area contributed by atoms with Crippen molar-refractivity contribution in [2.75, 3.05) is 5.75 Å². The molecule has 1 unspecified atom stereocenters. The van der Waals surface area contributed by atoms with Gasteiger partial charge < -0.3 is 5.11 Å². The number of hydrogen-bond donors (Lipinski definition) is 1. The molecule has 0 spiro atoms.